The quantitative estimate of drug-likeness (QED) is 0.211. The Morgan fingerprint density at radius 3 is 1.72 bits per heavy atom. The Bertz CT molecular complexity index is 438. The van der Waals surface area contributed by atoms with Gasteiger partial charge < -0.3 is 17.0 Å². The summed E-state index contributed by atoms with van der Waals surface area (Å²) >= 11 is 4.51. The van der Waals surface area contributed by atoms with Crippen LogP contribution in [-0.4, -0.2) is 29.2 Å². The van der Waals surface area contributed by atoms with Crippen LogP contribution in [0.4, 0.5) is 0 Å². The fourth-order valence-electron chi connectivity index (χ4n) is 3.77. The maximum atomic E-state index is 4.51. The van der Waals surface area contributed by atoms with Crippen molar-refractivity contribution in [2.75, 3.05) is 24.6 Å². The van der Waals surface area contributed by atoms with Gasteiger partial charge >= 0.3 is 159 Å². The minimum absolute atomic E-state index is 0. The first-order valence-corrected chi connectivity index (χ1v) is 15.2. The third kappa shape index (κ3) is 9.38. The number of nitrogens with zero attached hydrogens (tertiary/aromatic N) is 2. The second-order valence-corrected chi connectivity index (χ2v) is 19.2. The van der Waals surface area contributed by atoms with Gasteiger partial charge in [-0.05, 0) is 0 Å². The number of rotatable bonds is 14. The van der Waals surface area contributed by atoms with Gasteiger partial charge in [-0.25, -0.2) is 0 Å². The molecule has 0 aliphatic rings. The van der Waals surface area contributed by atoms with E-state index < -0.39 is 5.31 Å². The zero-order valence-electron chi connectivity index (χ0n) is 17.0. The molecule has 0 aliphatic carbocycles. The Morgan fingerprint density at radius 2 is 1.32 bits per heavy atom. The largest absolute Gasteiger partial charge is 1.00 e. The summed E-state index contributed by atoms with van der Waals surface area (Å²) in [4.78, 5) is 0. The number of hydrogen-bond acceptors (Lipinski definition) is 0. The van der Waals surface area contributed by atoms with Gasteiger partial charge in [-0.15, -0.1) is 0 Å². The number of halogens is 2. The molecule has 0 aliphatic heterocycles. The van der Waals surface area contributed by atoms with E-state index in [0.717, 1.165) is 6.54 Å². The molecule has 0 amide bonds. The Kier molecular flexibility index (Phi) is 13.2. The van der Waals surface area contributed by atoms with Gasteiger partial charge in [0.25, 0.3) is 0 Å². The number of aromatic nitrogens is 2. The topological polar surface area (TPSA) is 8.81 Å². The first-order valence-electron chi connectivity index (χ1n) is 10.2. The molecule has 1 rings (SSSR count). The SMILES string of the molecule is CCCCP(Br)(CCCC)(CCCC)CCCCn1cc[n+](C)c1.[Br-]. The molecule has 0 N–H and O–H groups in total. The molecule has 1 heterocycles. The zero-order valence-corrected chi connectivity index (χ0v) is 21.1. The predicted molar refractivity (Wildman–Crippen MR) is 115 cm³/mol. The van der Waals surface area contributed by atoms with Crippen molar-refractivity contribution in [1.82, 2.24) is 4.57 Å². The summed E-state index contributed by atoms with van der Waals surface area (Å²) in [6, 6.07) is 0. The van der Waals surface area contributed by atoms with Crippen molar-refractivity contribution in [3.63, 3.8) is 0 Å². The second kappa shape index (κ2) is 12.9. The minimum atomic E-state index is -1.68. The van der Waals surface area contributed by atoms with Crippen molar-refractivity contribution in [2.45, 2.75) is 78.7 Å². The first-order chi connectivity index (χ1) is 11.5. The van der Waals surface area contributed by atoms with E-state index in [1.807, 2.05) is 0 Å². The molecule has 1 aromatic heterocycles. The summed E-state index contributed by atoms with van der Waals surface area (Å²) in [6.45, 7) is 8.20. The van der Waals surface area contributed by atoms with Gasteiger partial charge in [-0.2, -0.15) is 0 Å². The Labute approximate surface area is 175 Å². The Balaban J connectivity index is 0.00000576. The summed E-state index contributed by atoms with van der Waals surface area (Å²) in [7, 11) is 2.10. The Morgan fingerprint density at radius 1 is 0.840 bits per heavy atom. The van der Waals surface area contributed by atoms with E-state index in [2.05, 4.69) is 71.2 Å². The third-order valence-electron chi connectivity index (χ3n) is 5.42. The number of hydrogen-bond donors (Lipinski definition) is 0. The van der Waals surface area contributed by atoms with Crippen LogP contribution in [0.1, 0.15) is 72.1 Å². The number of imidazole rings is 1. The maximum absolute atomic E-state index is 4.51. The standard InChI is InChI=1S/C20H41BrN2P.BrH/c1-5-8-16-24(21,17-9-6-2,18-10-7-3)19-12-11-13-23-15-14-22(4)20-23;/h14-15,20H,5-13,16-19H2,1-4H3;1H/q+1;/p-1. The fraction of sp³-hybridized carbons (Fsp3) is 0.850. The van der Waals surface area contributed by atoms with E-state index in [1.54, 1.807) is 0 Å². The van der Waals surface area contributed by atoms with Crippen LogP contribution in [0.5, 0.6) is 0 Å². The van der Waals surface area contributed by atoms with Crippen LogP contribution < -0.4 is 21.5 Å². The average Bonchev–Trinajstić information content (AvgIpc) is 3.00. The molecule has 0 saturated carbocycles. The van der Waals surface area contributed by atoms with Gasteiger partial charge in [0.05, 0.1) is 0 Å². The molecule has 0 spiro atoms. The van der Waals surface area contributed by atoms with Crippen LogP contribution in [-0.2, 0) is 13.6 Å². The molecule has 0 bridgehead atoms. The molecular weight excluding hydrogens is 459 g/mol. The molecule has 0 radical (unpaired) electrons. The molecule has 0 unspecified atom stereocenters. The number of unbranched alkanes of at least 4 members (excludes halogenated alkanes) is 4. The van der Waals surface area contributed by atoms with Crippen LogP contribution in [0, 0.1) is 0 Å². The van der Waals surface area contributed by atoms with Gasteiger partial charge in [0.1, 0.15) is 0 Å². The van der Waals surface area contributed by atoms with E-state index in [0.29, 0.717) is 0 Å². The summed E-state index contributed by atoms with van der Waals surface area (Å²) in [6.07, 6.45) is 23.3. The summed E-state index contributed by atoms with van der Waals surface area (Å²) < 4.78 is 4.46. The molecule has 0 atom stereocenters. The van der Waals surface area contributed by atoms with E-state index >= 15 is 0 Å². The second-order valence-electron chi connectivity index (χ2n) is 7.80. The van der Waals surface area contributed by atoms with E-state index in [4.69, 9.17) is 0 Å². The van der Waals surface area contributed by atoms with Gasteiger partial charge in [0.15, 0.2) is 0 Å². The molecule has 1 aromatic rings. The maximum Gasteiger partial charge on any atom is -1.00 e. The van der Waals surface area contributed by atoms with Crippen LogP contribution in [0.2, 0.25) is 0 Å². The zero-order chi connectivity index (χ0) is 17.9. The normalized spacial score (nSPS) is 13.2. The summed E-state index contributed by atoms with van der Waals surface area (Å²) in [5.74, 6) is 0. The molecule has 2 nitrogen and oxygen atoms in total. The van der Waals surface area contributed by atoms with Crippen molar-refractivity contribution in [2.24, 2.45) is 7.05 Å². The number of aryl methyl sites for hydroxylation is 2. The van der Waals surface area contributed by atoms with Gasteiger partial charge in [-0.1, -0.05) is 0 Å². The van der Waals surface area contributed by atoms with E-state index in [-0.39, 0.29) is 17.0 Å². The van der Waals surface area contributed by atoms with Gasteiger partial charge in [-0.3, -0.25) is 0 Å². The Hall–Kier alpha value is 0.600. The third-order valence-corrected chi connectivity index (χ3v) is 15.4. The fourth-order valence-corrected chi connectivity index (χ4v) is 12.5. The molecule has 0 aromatic carbocycles. The van der Waals surface area contributed by atoms with Gasteiger partial charge in [0, 0.05) is 0 Å². The molecule has 5 heteroatoms. The molecule has 0 fully saturated rings. The average molecular weight is 500 g/mol. The molecule has 150 valence electrons. The first kappa shape index (κ1) is 25.6. The van der Waals surface area contributed by atoms with Crippen LogP contribution in [0.25, 0.3) is 0 Å². The van der Waals surface area contributed by atoms with Gasteiger partial charge in [0.2, 0.25) is 0 Å². The van der Waals surface area contributed by atoms with Crippen LogP contribution in [0.3, 0.4) is 0 Å². The molecule has 0 saturated heterocycles. The van der Waals surface area contributed by atoms with Crippen LogP contribution >= 0.6 is 20.8 Å². The minimum Gasteiger partial charge on any atom is -1.00 e. The van der Waals surface area contributed by atoms with E-state index in [1.165, 1.54) is 76.0 Å². The van der Waals surface area contributed by atoms with Crippen molar-refractivity contribution >= 4 is 20.8 Å². The van der Waals surface area contributed by atoms with Crippen molar-refractivity contribution in [3.8, 4) is 0 Å². The van der Waals surface area contributed by atoms with Crippen molar-refractivity contribution in [1.29, 1.82) is 0 Å². The summed E-state index contributed by atoms with van der Waals surface area (Å²) in [5.41, 5.74) is 0. The smallest absolute Gasteiger partial charge is 1.00 e. The van der Waals surface area contributed by atoms with Crippen molar-refractivity contribution in [3.05, 3.63) is 18.7 Å². The summed E-state index contributed by atoms with van der Waals surface area (Å²) in [5, 5.41) is -1.68. The predicted octanol–water partition coefficient (Wildman–Crippen LogP) is 3.36. The van der Waals surface area contributed by atoms with Crippen molar-refractivity contribution < 1.29 is 21.5 Å². The molecule has 25 heavy (non-hydrogen) atoms. The van der Waals surface area contributed by atoms with E-state index in [9.17, 15) is 0 Å². The monoisotopic (exact) mass is 498 g/mol. The molecular formula is C20H41Br2N2P. The van der Waals surface area contributed by atoms with Crippen LogP contribution in [0.15, 0.2) is 18.7 Å².